The summed E-state index contributed by atoms with van der Waals surface area (Å²) in [5, 5.41) is 7.15. The summed E-state index contributed by atoms with van der Waals surface area (Å²) >= 11 is 0. The maximum Gasteiger partial charge on any atom is 0.345 e. The predicted molar refractivity (Wildman–Crippen MR) is 93.9 cm³/mol. The Kier molecular flexibility index (Phi) is 5.03. The number of carbonyl (C=O) groups excluding carboxylic acids is 1. The molecule has 0 aliphatic heterocycles. The highest BCUT2D eigenvalue weighted by atomic mass is 16.2. The molecule has 0 bridgehead atoms. The first-order valence-electron chi connectivity index (χ1n) is 8.00. The largest absolute Gasteiger partial charge is 0.354 e. The molecule has 2 aromatic heterocycles. The van der Waals surface area contributed by atoms with Crippen molar-refractivity contribution >= 4 is 5.91 Å². The average molecular weight is 337 g/mol. The van der Waals surface area contributed by atoms with Gasteiger partial charge in [-0.2, -0.15) is 0 Å². The van der Waals surface area contributed by atoms with E-state index in [-0.39, 0.29) is 11.6 Å². The molecule has 0 fully saturated rings. The second kappa shape index (κ2) is 7.57. The van der Waals surface area contributed by atoms with E-state index >= 15 is 0 Å². The number of rotatable bonds is 6. The fourth-order valence-corrected chi connectivity index (χ4v) is 2.52. The molecule has 0 spiro atoms. The van der Waals surface area contributed by atoms with Crippen LogP contribution in [-0.4, -0.2) is 31.8 Å². The monoisotopic (exact) mass is 337 g/mol. The van der Waals surface area contributed by atoms with Crippen molar-refractivity contribution in [3.8, 4) is 11.4 Å². The lowest BCUT2D eigenvalue weighted by Crippen LogP contribution is -2.32. The minimum absolute atomic E-state index is 0.0809. The standard InChI is InChI=1S/C18H19N5O2/c1-22-17(15-8-5-9-19-13-15)21-23(18(22)25)11-10-20-16(24)12-14-6-3-2-4-7-14/h2-9,13H,10-12H2,1H3,(H,20,24). The predicted octanol–water partition coefficient (Wildman–Crippen LogP) is 1.00. The minimum Gasteiger partial charge on any atom is -0.354 e. The van der Waals surface area contributed by atoms with E-state index in [1.807, 2.05) is 36.4 Å². The van der Waals surface area contributed by atoms with E-state index in [2.05, 4.69) is 15.4 Å². The van der Waals surface area contributed by atoms with Crippen LogP contribution in [0.4, 0.5) is 0 Å². The highest BCUT2D eigenvalue weighted by Crippen LogP contribution is 2.12. The maximum atomic E-state index is 12.3. The summed E-state index contributed by atoms with van der Waals surface area (Å²) in [4.78, 5) is 28.3. The zero-order chi connectivity index (χ0) is 17.6. The van der Waals surface area contributed by atoms with E-state index in [1.165, 1.54) is 9.25 Å². The van der Waals surface area contributed by atoms with Gasteiger partial charge in [-0.25, -0.2) is 9.48 Å². The number of hydrogen-bond acceptors (Lipinski definition) is 4. The van der Waals surface area contributed by atoms with Crippen LogP contribution in [0.25, 0.3) is 11.4 Å². The van der Waals surface area contributed by atoms with Crippen LogP contribution < -0.4 is 11.0 Å². The summed E-state index contributed by atoms with van der Waals surface area (Å²) < 4.78 is 2.83. The molecule has 0 atom stereocenters. The lowest BCUT2D eigenvalue weighted by molar-refractivity contribution is -0.120. The van der Waals surface area contributed by atoms with E-state index in [0.717, 1.165) is 11.1 Å². The van der Waals surface area contributed by atoms with Crippen LogP contribution in [0.3, 0.4) is 0 Å². The second-order valence-electron chi connectivity index (χ2n) is 5.64. The Hall–Kier alpha value is -3.22. The zero-order valence-electron chi connectivity index (χ0n) is 13.9. The first-order valence-corrected chi connectivity index (χ1v) is 8.00. The Balaban J connectivity index is 1.60. The number of pyridine rings is 1. The van der Waals surface area contributed by atoms with Crippen LogP contribution in [0.5, 0.6) is 0 Å². The molecule has 7 heteroatoms. The Morgan fingerprint density at radius 2 is 1.96 bits per heavy atom. The molecule has 3 aromatic rings. The van der Waals surface area contributed by atoms with Crippen LogP contribution in [0, 0.1) is 0 Å². The molecule has 3 rings (SSSR count). The number of nitrogens with zero attached hydrogens (tertiary/aromatic N) is 4. The Morgan fingerprint density at radius 1 is 1.16 bits per heavy atom. The third-order valence-electron chi connectivity index (χ3n) is 3.81. The second-order valence-corrected chi connectivity index (χ2v) is 5.64. The van der Waals surface area contributed by atoms with Crippen LogP contribution >= 0.6 is 0 Å². The first kappa shape index (κ1) is 16.6. The molecule has 128 valence electrons. The summed E-state index contributed by atoms with van der Waals surface area (Å²) in [6.07, 6.45) is 3.65. The molecule has 7 nitrogen and oxygen atoms in total. The van der Waals surface area contributed by atoms with Gasteiger partial charge in [-0.05, 0) is 17.7 Å². The molecule has 1 N–H and O–H groups in total. The molecular formula is C18H19N5O2. The Morgan fingerprint density at radius 3 is 2.68 bits per heavy atom. The third-order valence-corrected chi connectivity index (χ3v) is 3.81. The quantitative estimate of drug-likeness (QED) is 0.728. The van der Waals surface area contributed by atoms with Gasteiger partial charge in [0.25, 0.3) is 0 Å². The molecular weight excluding hydrogens is 318 g/mol. The minimum atomic E-state index is -0.226. The lowest BCUT2D eigenvalue weighted by atomic mass is 10.1. The highest BCUT2D eigenvalue weighted by Gasteiger charge is 2.12. The van der Waals surface area contributed by atoms with E-state index in [1.54, 1.807) is 25.5 Å². The highest BCUT2D eigenvalue weighted by molar-refractivity contribution is 5.78. The molecule has 0 unspecified atom stereocenters. The van der Waals surface area contributed by atoms with Crippen molar-refractivity contribution in [3.63, 3.8) is 0 Å². The molecule has 2 heterocycles. The van der Waals surface area contributed by atoms with E-state index in [0.29, 0.717) is 25.3 Å². The third kappa shape index (κ3) is 4.00. The number of benzene rings is 1. The number of hydrogen-bond donors (Lipinski definition) is 1. The van der Waals surface area contributed by atoms with E-state index in [4.69, 9.17) is 0 Å². The topological polar surface area (TPSA) is 81.8 Å². The van der Waals surface area contributed by atoms with Crippen molar-refractivity contribution in [3.05, 3.63) is 70.9 Å². The summed E-state index contributed by atoms with van der Waals surface area (Å²) in [7, 11) is 1.67. The number of carbonyl (C=O) groups is 1. The van der Waals surface area contributed by atoms with Gasteiger partial charge in [0.1, 0.15) is 0 Å². The Bertz CT molecular complexity index is 900. The van der Waals surface area contributed by atoms with E-state index in [9.17, 15) is 9.59 Å². The number of amides is 1. The van der Waals surface area contributed by atoms with Crippen molar-refractivity contribution in [2.45, 2.75) is 13.0 Å². The maximum absolute atomic E-state index is 12.3. The van der Waals surface area contributed by atoms with Crippen LogP contribution in [0.2, 0.25) is 0 Å². The van der Waals surface area contributed by atoms with Gasteiger partial charge >= 0.3 is 5.69 Å². The average Bonchev–Trinajstić information content (AvgIpc) is 2.92. The van der Waals surface area contributed by atoms with Crippen molar-refractivity contribution in [1.29, 1.82) is 0 Å². The fourth-order valence-electron chi connectivity index (χ4n) is 2.52. The molecule has 0 aliphatic carbocycles. The molecule has 0 saturated carbocycles. The van der Waals surface area contributed by atoms with Gasteiger partial charge in [0.15, 0.2) is 5.82 Å². The summed E-state index contributed by atoms with van der Waals surface area (Å²) in [5.41, 5.74) is 1.50. The first-order chi connectivity index (χ1) is 12.1. The Labute approximate surface area is 144 Å². The number of aromatic nitrogens is 4. The van der Waals surface area contributed by atoms with Crippen LogP contribution in [0.1, 0.15) is 5.56 Å². The molecule has 0 radical (unpaired) electrons. The SMILES string of the molecule is Cn1c(-c2cccnc2)nn(CCNC(=O)Cc2ccccc2)c1=O. The van der Waals surface area contributed by atoms with Crippen LogP contribution in [-0.2, 0) is 24.8 Å². The summed E-state index contributed by atoms with van der Waals surface area (Å²) in [6.45, 7) is 0.655. The fraction of sp³-hybridized carbons (Fsp3) is 0.222. The van der Waals surface area contributed by atoms with Gasteiger partial charge < -0.3 is 5.32 Å². The van der Waals surface area contributed by atoms with Gasteiger partial charge in [0.05, 0.1) is 13.0 Å². The summed E-state index contributed by atoms with van der Waals surface area (Å²) in [6, 6.07) is 13.2. The molecule has 0 saturated heterocycles. The van der Waals surface area contributed by atoms with Gasteiger partial charge in [-0.1, -0.05) is 30.3 Å². The molecule has 25 heavy (non-hydrogen) atoms. The molecule has 1 aromatic carbocycles. The molecule has 1 amide bonds. The van der Waals surface area contributed by atoms with Gasteiger partial charge in [0.2, 0.25) is 5.91 Å². The van der Waals surface area contributed by atoms with Crippen molar-refractivity contribution < 1.29 is 4.79 Å². The van der Waals surface area contributed by atoms with Crippen molar-refractivity contribution in [2.24, 2.45) is 7.05 Å². The van der Waals surface area contributed by atoms with E-state index < -0.39 is 0 Å². The smallest absolute Gasteiger partial charge is 0.345 e. The number of nitrogens with one attached hydrogen (secondary N) is 1. The summed E-state index contributed by atoms with van der Waals surface area (Å²) in [5.74, 6) is 0.469. The lowest BCUT2D eigenvalue weighted by Gasteiger charge is -2.04. The van der Waals surface area contributed by atoms with Crippen molar-refractivity contribution in [1.82, 2.24) is 24.6 Å². The van der Waals surface area contributed by atoms with Gasteiger partial charge in [-0.3, -0.25) is 14.3 Å². The normalized spacial score (nSPS) is 10.6. The van der Waals surface area contributed by atoms with Gasteiger partial charge in [-0.15, -0.1) is 5.10 Å². The van der Waals surface area contributed by atoms with Gasteiger partial charge in [0, 0.05) is 31.5 Å². The zero-order valence-corrected chi connectivity index (χ0v) is 13.9. The molecule has 0 aliphatic rings. The van der Waals surface area contributed by atoms with Crippen molar-refractivity contribution in [2.75, 3.05) is 6.54 Å². The van der Waals surface area contributed by atoms with Crippen LogP contribution in [0.15, 0.2) is 59.7 Å².